The molecule has 0 saturated heterocycles. The Morgan fingerprint density at radius 1 is 1.30 bits per heavy atom. The monoisotopic (exact) mass is 308 g/mol. The molecule has 0 unspecified atom stereocenters. The zero-order chi connectivity index (χ0) is 14.1. The molecule has 0 fully saturated rings. The minimum atomic E-state index is -0.373. The SMILES string of the molecule is Cc1nc(-c2nnc(NC(=O)c3snnc3C)o2)cs1. The quantitative estimate of drug-likeness (QED) is 0.787. The van der Waals surface area contributed by atoms with Gasteiger partial charge in [0.05, 0.1) is 10.7 Å². The number of carbonyl (C=O) groups is 1. The number of hydrogen-bond donors (Lipinski definition) is 1. The number of aromatic nitrogens is 5. The van der Waals surface area contributed by atoms with E-state index in [2.05, 4.69) is 30.1 Å². The van der Waals surface area contributed by atoms with E-state index < -0.39 is 0 Å². The van der Waals surface area contributed by atoms with Gasteiger partial charge in [-0.25, -0.2) is 4.98 Å². The summed E-state index contributed by atoms with van der Waals surface area (Å²) in [6.07, 6.45) is 0. The van der Waals surface area contributed by atoms with E-state index in [9.17, 15) is 4.79 Å². The summed E-state index contributed by atoms with van der Waals surface area (Å²) >= 11 is 2.49. The van der Waals surface area contributed by atoms with Crippen molar-refractivity contribution in [2.75, 3.05) is 5.32 Å². The number of rotatable bonds is 3. The van der Waals surface area contributed by atoms with E-state index in [1.165, 1.54) is 11.3 Å². The zero-order valence-corrected chi connectivity index (χ0v) is 12.1. The molecule has 102 valence electrons. The third-order valence-electron chi connectivity index (χ3n) is 2.34. The first-order valence-electron chi connectivity index (χ1n) is 5.50. The summed E-state index contributed by atoms with van der Waals surface area (Å²) in [7, 11) is 0. The van der Waals surface area contributed by atoms with Crippen LogP contribution in [0.3, 0.4) is 0 Å². The minimum absolute atomic E-state index is 0.0171. The van der Waals surface area contributed by atoms with Crippen molar-refractivity contribution in [3.8, 4) is 11.6 Å². The number of nitrogens with zero attached hydrogens (tertiary/aromatic N) is 5. The van der Waals surface area contributed by atoms with Crippen molar-refractivity contribution in [2.24, 2.45) is 0 Å². The van der Waals surface area contributed by atoms with E-state index in [4.69, 9.17) is 4.42 Å². The van der Waals surface area contributed by atoms with Crippen LogP contribution in [0.2, 0.25) is 0 Å². The van der Waals surface area contributed by atoms with Crippen LogP contribution in [0.25, 0.3) is 11.6 Å². The lowest BCUT2D eigenvalue weighted by Gasteiger charge is -1.96. The van der Waals surface area contributed by atoms with E-state index >= 15 is 0 Å². The first-order chi connectivity index (χ1) is 9.63. The number of hydrogen-bond acceptors (Lipinski definition) is 9. The Morgan fingerprint density at radius 2 is 2.15 bits per heavy atom. The van der Waals surface area contributed by atoms with E-state index in [1.54, 1.807) is 6.92 Å². The summed E-state index contributed by atoms with van der Waals surface area (Å²) in [6.45, 7) is 3.59. The second-order valence-electron chi connectivity index (χ2n) is 3.81. The molecule has 0 aliphatic carbocycles. The fraction of sp³-hybridized carbons (Fsp3) is 0.200. The first-order valence-corrected chi connectivity index (χ1v) is 7.15. The Balaban J connectivity index is 1.78. The van der Waals surface area contributed by atoms with Gasteiger partial charge in [-0.05, 0) is 25.4 Å². The average molecular weight is 308 g/mol. The highest BCUT2D eigenvalue weighted by molar-refractivity contribution is 7.09. The summed E-state index contributed by atoms with van der Waals surface area (Å²) in [5.41, 5.74) is 1.15. The maximum absolute atomic E-state index is 11.9. The fourth-order valence-electron chi connectivity index (χ4n) is 1.43. The zero-order valence-electron chi connectivity index (χ0n) is 10.4. The molecule has 1 amide bonds. The normalized spacial score (nSPS) is 10.7. The molecule has 3 heterocycles. The van der Waals surface area contributed by atoms with E-state index in [0.717, 1.165) is 16.5 Å². The highest BCUT2D eigenvalue weighted by atomic mass is 32.1. The van der Waals surface area contributed by atoms with Gasteiger partial charge >= 0.3 is 6.01 Å². The highest BCUT2D eigenvalue weighted by Crippen LogP contribution is 2.22. The smallest absolute Gasteiger partial charge is 0.322 e. The molecule has 10 heteroatoms. The van der Waals surface area contributed by atoms with Gasteiger partial charge in [-0.1, -0.05) is 9.59 Å². The number of anilines is 1. The summed E-state index contributed by atoms with van der Waals surface area (Å²) in [5.74, 6) is -0.106. The lowest BCUT2D eigenvalue weighted by Crippen LogP contribution is -2.11. The van der Waals surface area contributed by atoms with Gasteiger partial charge in [-0.3, -0.25) is 10.1 Å². The van der Waals surface area contributed by atoms with Gasteiger partial charge in [0.2, 0.25) is 0 Å². The number of thiazole rings is 1. The van der Waals surface area contributed by atoms with Crippen molar-refractivity contribution in [2.45, 2.75) is 13.8 Å². The van der Waals surface area contributed by atoms with Crippen molar-refractivity contribution >= 4 is 34.8 Å². The van der Waals surface area contributed by atoms with Crippen LogP contribution in [0.1, 0.15) is 20.4 Å². The van der Waals surface area contributed by atoms with Gasteiger partial charge in [0.15, 0.2) is 0 Å². The standard InChI is InChI=1S/C10H8N6O2S2/c1-4-7(20-16-13-4)8(17)12-10-15-14-9(18-10)6-3-19-5(2)11-6/h3H,1-2H3,(H,12,15,17). The minimum Gasteiger partial charge on any atom is -0.401 e. The van der Waals surface area contributed by atoms with Crippen LogP contribution in [-0.2, 0) is 0 Å². The predicted molar refractivity (Wildman–Crippen MR) is 72.7 cm³/mol. The molecule has 0 aliphatic heterocycles. The van der Waals surface area contributed by atoms with Gasteiger partial charge in [0, 0.05) is 5.38 Å². The van der Waals surface area contributed by atoms with E-state index in [1.807, 2.05) is 12.3 Å². The van der Waals surface area contributed by atoms with E-state index in [-0.39, 0.29) is 17.8 Å². The Morgan fingerprint density at radius 3 is 2.80 bits per heavy atom. The van der Waals surface area contributed by atoms with Gasteiger partial charge in [-0.2, -0.15) is 0 Å². The Kier molecular flexibility index (Phi) is 3.24. The maximum Gasteiger partial charge on any atom is 0.322 e. The van der Waals surface area contributed by atoms with E-state index in [0.29, 0.717) is 16.3 Å². The number of amides is 1. The molecule has 0 saturated carbocycles. The summed E-state index contributed by atoms with van der Waals surface area (Å²) in [4.78, 5) is 16.6. The van der Waals surface area contributed by atoms with Gasteiger partial charge < -0.3 is 4.42 Å². The van der Waals surface area contributed by atoms with Crippen LogP contribution in [0.4, 0.5) is 6.01 Å². The van der Waals surface area contributed by atoms with Crippen molar-refractivity contribution in [1.82, 2.24) is 24.8 Å². The third-order valence-corrected chi connectivity index (χ3v) is 3.94. The molecule has 3 aromatic heterocycles. The van der Waals surface area contributed by atoms with Crippen molar-refractivity contribution in [3.05, 3.63) is 21.0 Å². The van der Waals surface area contributed by atoms with Crippen molar-refractivity contribution in [3.63, 3.8) is 0 Å². The number of aryl methyl sites for hydroxylation is 2. The third kappa shape index (κ3) is 2.42. The lowest BCUT2D eigenvalue weighted by atomic mass is 10.4. The molecular weight excluding hydrogens is 300 g/mol. The van der Waals surface area contributed by atoms with Gasteiger partial charge in [0.25, 0.3) is 11.8 Å². The highest BCUT2D eigenvalue weighted by Gasteiger charge is 2.17. The Hall–Kier alpha value is -2.20. The summed E-state index contributed by atoms with van der Waals surface area (Å²) in [6, 6.07) is 0.0171. The van der Waals surface area contributed by atoms with Crippen LogP contribution >= 0.6 is 22.9 Å². The van der Waals surface area contributed by atoms with Crippen LogP contribution in [-0.4, -0.2) is 30.7 Å². The maximum atomic E-state index is 11.9. The van der Waals surface area contributed by atoms with Crippen LogP contribution in [0, 0.1) is 13.8 Å². The topological polar surface area (TPSA) is 107 Å². The van der Waals surface area contributed by atoms with Crippen molar-refractivity contribution < 1.29 is 9.21 Å². The molecule has 3 rings (SSSR count). The summed E-state index contributed by atoms with van der Waals surface area (Å²) in [5, 5.41) is 16.6. The first kappa shape index (κ1) is 12.8. The van der Waals surface area contributed by atoms with Crippen LogP contribution in [0.15, 0.2) is 9.80 Å². The second kappa shape index (κ2) is 5.06. The number of nitrogens with one attached hydrogen (secondary N) is 1. The molecule has 0 aromatic carbocycles. The molecule has 0 bridgehead atoms. The second-order valence-corrected chi connectivity index (χ2v) is 5.62. The molecular formula is C10H8N6O2S2. The molecule has 0 atom stereocenters. The fourth-order valence-corrected chi connectivity index (χ4v) is 2.57. The van der Waals surface area contributed by atoms with Gasteiger partial charge in [-0.15, -0.1) is 21.5 Å². The predicted octanol–water partition coefficient (Wildman–Crippen LogP) is 1.91. The lowest BCUT2D eigenvalue weighted by molar-refractivity contribution is 0.102. The Bertz CT molecular complexity index is 761. The van der Waals surface area contributed by atoms with Crippen LogP contribution in [0.5, 0.6) is 0 Å². The average Bonchev–Trinajstić information content (AvgIpc) is 3.10. The largest absolute Gasteiger partial charge is 0.401 e. The molecule has 3 aromatic rings. The molecule has 0 aliphatic rings. The number of carbonyl (C=O) groups excluding carboxylic acids is 1. The van der Waals surface area contributed by atoms with Crippen molar-refractivity contribution in [1.29, 1.82) is 0 Å². The molecule has 0 radical (unpaired) electrons. The Labute approximate surface area is 121 Å². The van der Waals surface area contributed by atoms with Crippen LogP contribution < -0.4 is 5.32 Å². The van der Waals surface area contributed by atoms with Gasteiger partial charge in [0.1, 0.15) is 10.6 Å². The molecule has 20 heavy (non-hydrogen) atoms. The summed E-state index contributed by atoms with van der Waals surface area (Å²) < 4.78 is 9.04. The molecule has 0 spiro atoms. The molecule has 8 nitrogen and oxygen atoms in total. The molecule has 1 N–H and O–H groups in total.